The number of halogens is 2. The molecule has 1 aliphatic rings. The standard InChI is InChI=1S/C17H17Cl2NO/c1-2-20-16(11-4-3-5-13(18)8-11)15-10-14(19)9-12-6-7-21-17(12)15/h3-5,8-10,16,20H,2,6-7H2,1H3. The van der Waals surface area contributed by atoms with Gasteiger partial charge in [0.15, 0.2) is 0 Å². The summed E-state index contributed by atoms with van der Waals surface area (Å²) in [6, 6.07) is 11.9. The van der Waals surface area contributed by atoms with Gasteiger partial charge in [0.2, 0.25) is 0 Å². The fourth-order valence-electron chi connectivity index (χ4n) is 2.81. The van der Waals surface area contributed by atoms with E-state index >= 15 is 0 Å². The fourth-order valence-corrected chi connectivity index (χ4v) is 3.26. The van der Waals surface area contributed by atoms with Crippen LogP contribution in [-0.4, -0.2) is 13.2 Å². The van der Waals surface area contributed by atoms with Crippen LogP contribution in [0, 0.1) is 0 Å². The summed E-state index contributed by atoms with van der Waals surface area (Å²) in [4.78, 5) is 0. The molecular weight excluding hydrogens is 305 g/mol. The molecule has 3 rings (SSSR count). The van der Waals surface area contributed by atoms with Gasteiger partial charge in [-0.3, -0.25) is 0 Å². The predicted octanol–water partition coefficient (Wildman–Crippen LogP) is 4.63. The first-order valence-electron chi connectivity index (χ1n) is 7.13. The maximum Gasteiger partial charge on any atom is 0.127 e. The van der Waals surface area contributed by atoms with Crippen molar-refractivity contribution in [2.75, 3.05) is 13.2 Å². The van der Waals surface area contributed by atoms with Gasteiger partial charge >= 0.3 is 0 Å². The second kappa shape index (κ2) is 6.27. The lowest BCUT2D eigenvalue weighted by Gasteiger charge is -2.22. The summed E-state index contributed by atoms with van der Waals surface area (Å²) in [7, 11) is 0. The third kappa shape index (κ3) is 3.03. The van der Waals surface area contributed by atoms with Crippen molar-refractivity contribution < 1.29 is 4.74 Å². The molecule has 1 heterocycles. The quantitative estimate of drug-likeness (QED) is 0.886. The summed E-state index contributed by atoms with van der Waals surface area (Å²) in [5.41, 5.74) is 3.38. The third-order valence-electron chi connectivity index (χ3n) is 3.68. The minimum absolute atomic E-state index is 0.0271. The molecule has 0 amide bonds. The summed E-state index contributed by atoms with van der Waals surface area (Å²) in [5, 5.41) is 4.98. The average Bonchev–Trinajstić information content (AvgIpc) is 2.92. The number of fused-ring (bicyclic) bond motifs is 1. The van der Waals surface area contributed by atoms with Crippen molar-refractivity contribution in [3.8, 4) is 5.75 Å². The highest BCUT2D eigenvalue weighted by Gasteiger charge is 2.24. The normalized spacial score (nSPS) is 14.6. The Balaban J connectivity index is 2.10. The molecule has 0 spiro atoms. The van der Waals surface area contributed by atoms with Gasteiger partial charge in [-0.1, -0.05) is 42.3 Å². The first kappa shape index (κ1) is 14.7. The molecule has 4 heteroatoms. The van der Waals surface area contributed by atoms with Crippen molar-refractivity contribution in [3.63, 3.8) is 0 Å². The van der Waals surface area contributed by atoms with Gasteiger partial charge in [-0.15, -0.1) is 0 Å². The highest BCUT2D eigenvalue weighted by Crippen LogP contribution is 2.38. The van der Waals surface area contributed by atoms with E-state index in [9.17, 15) is 0 Å². The zero-order chi connectivity index (χ0) is 14.8. The third-order valence-corrected chi connectivity index (χ3v) is 4.13. The topological polar surface area (TPSA) is 21.3 Å². The van der Waals surface area contributed by atoms with Gasteiger partial charge in [0.05, 0.1) is 12.6 Å². The Labute approximate surface area is 135 Å². The first-order valence-corrected chi connectivity index (χ1v) is 7.88. The van der Waals surface area contributed by atoms with E-state index in [2.05, 4.69) is 18.3 Å². The average molecular weight is 322 g/mol. The number of rotatable bonds is 4. The van der Waals surface area contributed by atoms with Crippen LogP contribution in [0.2, 0.25) is 10.0 Å². The van der Waals surface area contributed by atoms with Crippen molar-refractivity contribution >= 4 is 23.2 Å². The van der Waals surface area contributed by atoms with Crippen LogP contribution in [0.25, 0.3) is 0 Å². The summed E-state index contributed by atoms with van der Waals surface area (Å²) in [6.07, 6.45) is 0.914. The minimum Gasteiger partial charge on any atom is -0.493 e. The number of hydrogen-bond donors (Lipinski definition) is 1. The number of ether oxygens (including phenoxy) is 1. The molecule has 1 unspecified atom stereocenters. The molecule has 0 saturated carbocycles. The van der Waals surface area contributed by atoms with Crippen LogP contribution >= 0.6 is 23.2 Å². The van der Waals surface area contributed by atoms with Gasteiger partial charge in [0.1, 0.15) is 5.75 Å². The Hall–Kier alpha value is -1.22. The maximum absolute atomic E-state index is 6.28. The SMILES string of the molecule is CCNC(c1cccc(Cl)c1)c1cc(Cl)cc2c1OCC2. The van der Waals surface area contributed by atoms with Crippen LogP contribution in [0.15, 0.2) is 36.4 Å². The van der Waals surface area contributed by atoms with Crippen LogP contribution in [0.3, 0.4) is 0 Å². The van der Waals surface area contributed by atoms with E-state index in [0.717, 1.165) is 46.5 Å². The van der Waals surface area contributed by atoms with Crippen molar-refractivity contribution in [2.45, 2.75) is 19.4 Å². The lowest BCUT2D eigenvalue weighted by Crippen LogP contribution is -2.22. The van der Waals surface area contributed by atoms with E-state index in [0.29, 0.717) is 0 Å². The Kier molecular flexibility index (Phi) is 4.39. The zero-order valence-corrected chi connectivity index (χ0v) is 13.3. The molecule has 0 fully saturated rings. The number of benzene rings is 2. The smallest absolute Gasteiger partial charge is 0.127 e. The van der Waals surface area contributed by atoms with E-state index < -0.39 is 0 Å². The molecule has 2 nitrogen and oxygen atoms in total. The molecule has 0 aromatic heterocycles. The molecule has 0 saturated heterocycles. The van der Waals surface area contributed by atoms with E-state index in [1.807, 2.05) is 30.3 Å². The molecule has 110 valence electrons. The highest BCUT2D eigenvalue weighted by atomic mass is 35.5. The molecule has 1 N–H and O–H groups in total. The monoisotopic (exact) mass is 321 g/mol. The lowest BCUT2D eigenvalue weighted by molar-refractivity contribution is 0.350. The van der Waals surface area contributed by atoms with Crippen molar-refractivity contribution in [3.05, 3.63) is 63.1 Å². The molecule has 2 aromatic rings. The summed E-state index contributed by atoms with van der Waals surface area (Å²) in [5.74, 6) is 0.963. The van der Waals surface area contributed by atoms with Gasteiger partial charge in [-0.05, 0) is 41.9 Å². The van der Waals surface area contributed by atoms with Gasteiger partial charge in [0, 0.05) is 22.0 Å². The Morgan fingerprint density at radius 2 is 2.05 bits per heavy atom. The molecule has 2 aromatic carbocycles. The van der Waals surface area contributed by atoms with Crippen LogP contribution in [0.1, 0.15) is 29.7 Å². The number of hydrogen-bond acceptors (Lipinski definition) is 2. The largest absolute Gasteiger partial charge is 0.493 e. The van der Waals surface area contributed by atoms with Gasteiger partial charge < -0.3 is 10.1 Å². The molecule has 0 radical (unpaired) electrons. The van der Waals surface area contributed by atoms with Gasteiger partial charge in [0.25, 0.3) is 0 Å². The molecule has 0 bridgehead atoms. The van der Waals surface area contributed by atoms with Crippen LogP contribution in [-0.2, 0) is 6.42 Å². The van der Waals surface area contributed by atoms with Crippen LogP contribution in [0.4, 0.5) is 0 Å². The lowest BCUT2D eigenvalue weighted by atomic mass is 9.95. The Morgan fingerprint density at radius 3 is 2.81 bits per heavy atom. The molecule has 1 aliphatic heterocycles. The summed E-state index contributed by atoms with van der Waals surface area (Å²) < 4.78 is 5.83. The molecule has 21 heavy (non-hydrogen) atoms. The van der Waals surface area contributed by atoms with Gasteiger partial charge in [-0.25, -0.2) is 0 Å². The molecule has 0 aliphatic carbocycles. The number of nitrogens with one attached hydrogen (secondary N) is 1. The fraction of sp³-hybridized carbons (Fsp3) is 0.294. The summed E-state index contributed by atoms with van der Waals surface area (Å²) in [6.45, 7) is 3.65. The molecular formula is C17H17Cl2NO. The van der Waals surface area contributed by atoms with E-state index in [1.165, 1.54) is 5.56 Å². The van der Waals surface area contributed by atoms with E-state index in [4.69, 9.17) is 27.9 Å². The zero-order valence-electron chi connectivity index (χ0n) is 11.8. The van der Waals surface area contributed by atoms with Crippen molar-refractivity contribution in [1.82, 2.24) is 5.32 Å². The molecule has 1 atom stereocenters. The Morgan fingerprint density at radius 1 is 1.19 bits per heavy atom. The second-order valence-corrected chi connectivity index (χ2v) is 6.00. The van der Waals surface area contributed by atoms with Crippen LogP contribution < -0.4 is 10.1 Å². The highest BCUT2D eigenvalue weighted by molar-refractivity contribution is 6.31. The van der Waals surface area contributed by atoms with Crippen LogP contribution in [0.5, 0.6) is 5.75 Å². The first-order chi connectivity index (χ1) is 10.2. The Bertz CT molecular complexity index is 657. The van der Waals surface area contributed by atoms with E-state index in [1.54, 1.807) is 0 Å². The van der Waals surface area contributed by atoms with Crippen molar-refractivity contribution in [1.29, 1.82) is 0 Å². The van der Waals surface area contributed by atoms with Gasteiger partial charge in [-0.2, -0.15) is 0 Å². The predicted molar refractivity (Wildman–Crippen MR) is 87.6 cm³/mol. The van der Waals surface area contributed by atoms with Crippen molar-refractivity contribution in [2.24, 2.45) is 0 Å². The maximum atomic E-state index is 6.28. The second-order valence-electron chi connectivity index (χ2n) is 5.13. The minimum atomic E-state index is 0.0271. The summed E-state index contributed by atoms with van der Waals surface area (Å²) >= 11 is 12.4. The van der Waals surface area contributed by atoms with E-state index in [-0.39, 0.29) is 6.04 Å².